The molecule has 0 radical (unpaired) electrons. The maximum atomic E-state index is 13.0. The van der Waals surface area contributed by atoms with Crippen LogP contribution in [0.4, 0.5) is 8.78 Å². The van der Waals surface area contributed by atoms with E-state index >= 15 is 0 Å². The predicted octanol–water partition coefficient (Wildman–Crippen LogP) is 3.00. The first-order valence-corrected chi connectivity index (χ1v) is 5.55. The molecule has 2 N–H and O–H groups in total. The summed E-state index contributed by atoms with van der Waals surface area (Å²) >= 11 is 0. The molecule has 0 atom stereocenters. The van der Waals surface area contributed by atoms with Gasteiger partial charge in [0.25, 0.3) is 0 Å². The van der Waals surface area contributed by atoms with E-state index in [9.17, 15) is 8.78 Å². The zero-order valence-electron chi connectivity index (χ0n) is 9.70. The summed E-state index contributed by atoms with van der Waals surface area (Å²) < 4.78 is 31.0. The van der Waals surface area contributed by atoms with Crippen molar-refractivity contribution < 1.29 is 13.5 Å². The van der Waals surface area contributed by atoms with E-state index in [0.717, 1.165) is 23.3 Å². The van der Waals surface area contributed by atoms with Crippen molar-refractivity contribution in [1.82, 2.24) is 0 Å². The van der Waals surface area contributed by atoms with Crippen molar-refractivity contribution in [2.45, 2.75) is 13.2 Å². The molecule has 18 heavy (non-hydrogen) atoms. The molecule has 0 spiro atoms. The highest BCUT2D eigenvalue weighted by Crippen LogP contribution is 2.17. The van der Waals surface area contributed by atoms with E-state index in [2.05, 4.69) is 0 Å². The largest absolute Gasteiger partial charge is 0.489 e. The van der Waals surface area contributed by atoms with Crippen LogP contribution in [0.2, 0.25) is 0 Å². The van der Waals surface area contributed by atoms with Crippen LogP contribution in [0.15, 0.2) is 42.5 Å². The Morgan fingerprint density at radius 2 is 1.72 bits per heavy atom. The maximum Gasteiger partial charge on any atom is 0.162 e. The Labute approximate surface area is 104 Å². The van der Waals surface area contributed by atoms with Crippen LogP contribution in [-0.2, 0) is 13.2 Å². The van der Waals surface area contributed by atoms with E-state index in [0.29, 0.717) is 18.9 Å². The number of benzene rings is 2. The first kappa shape index (κ1) is 12.5. The lowest BCUT2D eigenvalue weighted by atomic mass is 10.1. The van der Waals surface area contributed by atoms with Crippen molar-refractivity contribution in [1.29, 1.82) is 0 Å². The number of hydrogen-bond acceptors (Lipinski definition) is 2. The smallest absolute Gasteiger partial charge is 0.162 e. The number of hydrogen-bond donors (Lipinski definition) is 1. The molecule has 0 aliphatic carbocycles. The fourth-order valence-electron chi connectivity index (χ4n) is 1.58. The van der Waals surface area contributed by atoms with Gasteiger partial charge in [-0.05, 0) is 23.3 Å². The highest BCUT2D eigenvalue weighted by molar-refractivity contribution is 5.26. The molecule has 0 heterocycles. The SMILES string of the molecule is NCc1cccc(COc2ccc(F)c(F)c2)c1. The molecule has 2 aromatic carbocycles. The zero-order valence-corrected chi connectivity index (χ0v) is 9.70. The summed E-state index contributed by atoms with van der Waals surface area (Å²) in [5, 5.41) is 0. The van der Waals surface area contributed by atoms with Crippen molar-refractivity contribution in [3.63, 3.8) is 0 Å². The van der Waals surface area contributed by atoms with E-state index < -0.39 is 11.6 Å². The van der Waals surface area contributed by atoms with Crippen molar-refractivity contribution in [2.75, 3.05) is 0 Å². The standard InChI is InChI=1S/C14H13F2NO/c15-13-5-4-12(7-14(13)16)18-9-11-3-1-2-10(6-11)8-17/h1-7H,8-9,17H2. The van der Waals surface area contributed by atoms with E-state index in [1.54, 1.807) is 0 Å². The molecule has 0 aliphatic rings. The van der Waals surface area contributed by atoms with Gasteiger partial charge in [0.15, 0.2) is 11.6 Å². The summed E-state index contributed by atoms with van der Waals surface area (Å²) in [6.07, 6.45) is 0. The molecule has 0 fully saturated rings. The molecule has 0 aliphatic heterocycles. The zero-order chi connectivity index (χ0) is 13.0. The maximum absolute atomic E-state index is 13.0. The normalized spacial score (nSPS) is 10.4. The summed E-state index contributed by atoms with van der Waals surface area (Å²) in [4.78, 5) is 0. The Hall–Kier alpha value is -1.94. The van der Waals surface area contributed by atoms with Gasteiger partial charge in [0.05, 0.1) is 0 Å². The lowest BCUT2D eigenvalue weighted by Crippen LogP contribution is -2.00. The van der Waals surface area contributed by atoms with Crippen LogP contribution >= 0.6 is 0 Å². The Morgan fingerprint density at radius 3 is 2.44 bits per heavy atom. The van der Waals surface area contributed by atoms with Gasteiger partial charge in [0.1, 0.15) is 12.4 Å². The second-order valence-electron chi connectivity index (χ2n) is 3.89. The van der Waals surface area contributed by atoms with E-state index in [4.69, 9.17) is 10.5 Å². The van der Waals surface area contributed by atoms with Crippen molar-refractivity contribution in [3.8, 4) is 5.75 Å². The monoisotopic (exact) mass is 249 g/mol. The van der Waals surface area contributed by atoms with Gasteiger partial charge in [0.2, 0.25) is 0 Å². The third-order valence-corrected chi connectivity index (χ3v) is 2.52. The summed E-state index contributed by atoms with van der Waals surface area (Å²) in [6.45, 7) is 0.748. The van der Waals surface area contributed by atoms with Gasteiger partial charge in [-0.25, -0.2) is 8.78 Å². The van der Waals surface area contributed by atoms with Gasteiger partial charge >= 0.3 is 0 Å². The highest BCUT2D eigenvalue weighted by Gasteiger charge is 2.03. The van der Waals surface area contributed by atoms with Gasteiger partial charge < -0.3 is 10.5 Å². The molecular weight excluding hydrogens is 236 g/mol. The highest BCUT2D eigenvalue weighted by atomic mass is 19.2. The van der Waals surface area contributed by atoms with Crippen molar-refractivity contribution in [2.24, 2.45) is 5.73 Å². The lowest BCUT2D eigenvalue weighted by Gasteiger charge is -2.07. The second-order valence-corrected chi connectivity index (χ2v) is 3.89. The van der Waals surface area contributed by atoms with Gasteiger partial charge in [-0.15, -0.1) is 0 Å². The van der Waals surface area contributed by atoms with Crippen molar-refractivity contribution in [3.05, 3.63) is 65.2 Å². The number of halogens is 2. The van der Waals surface area contributed by atoms with E-state index in [-0.39, 0.29) is 0 Å². The van der Waals surface area contributed by atoms with E-state index in [1.807, 2.05) is 24.3 Å². The van der Waals surface area contributed by atoms with Crippen LogP contribution < -0.4 is 10.5 Å². The van der Waals surface area contributed by atoms with Crippen LogP contribution in [0.3, 0.4) is 0 Å². The molecule has 4 heteroatoms. The molecule has 2 nitrogen and oxygen atoms in total. The molecule has 0 saturated carbocycles. The van der Waals surface area contributed by atoms with Crippen LogP contribution in [0.1, 0.15) is 11.1 Å². The number of ether oxygens (including phenoxy) is 1. The molecule has 0 aromatic heterocycles. The minimum absolute atomic E-state index is 0.291. The van der Waals surface area contributed by atoms with Crippen LogP contribution in [0, 0.1) is 11.6 Å². The van der Waals surface area contributed by atoms with Crippen LogP contribution in [0.25, 0.3) is 0 Å². The topological polar surface area (TPSA) is 35.2 Å². The van der Waals surface area contributed by atoms with E-state index in [1.165, 1.54) is 6.07 Å². The number of rotatable bonds is 4. The minimum Gasteiger partial charge on any atom is -0.489 e. The molecule has 0 bridgehead atoms. The van der Waals surface area contributed by atoms with Gasteiger partial charge in [0, 0.05) is 12.6 Å². The molecule has 2 aromatic rings. The second kappa shape index (κ2) is 5.60. The summed E-state index contributed by atoms with van der Waals surface area (Å²) in [6, 6.07) is 11.1. The molecule has 0 unspecified atom stereocenters. The van der Waals surface area contributed by atoms with Crippen molar-refractivity contribution >= 4 is 0 Å². The third kappa shape index (κ3) is 3.05. The fraction of sp³-hybridized carbons (Fsp3) is 0.143. The Kier molecular flexibility index (Phi) is 3.89. The predicted molar refractivity (Wildman–Crippen MR) is 65.0 cm³/mol. The van der Waals surface area contributed by atoms with Gasteiger partial charge in [-0.1, -0.05) is 24.3 Å². The van der Waals surface area contributed by atoms with Crippen LogP contribution in [-0.4, -0.2) is 0 Å². The third-order valence-electron chi connectivity index (χ3n) is 2.52. The minimum atomic E-state index is -0.914. The first-order chi connectivity index (χ1) is 8.69. The van der Waals surface area contributed by atoms with Crippen LogP contribution in [0.5, 0.6) is 5.75 Å². The quantitative estimate of drug-likeness (QED) is 0.904. The molecule has 0 amide bonds. The number of nitrogens with two attached hydrogens (primary N) is 1. The summed E-state index contributed by atoms with van der Waals surface area (Å²) in [5.41, 5.74) is 7.46. The lowest BCUT2D eigenvalue weighted by molar-refractivity contribution is 0.303. The van der Waals surface area contributed by atoms with Gasteiger partial charge in [-0.2, -0.15) is 0 Å². The molecule has 2 rings (SSSR count). The molecule has 94 valence electrons. The summed E-state index contributed by atoms with van der Waals surface area (Å²) in [5.74, 6) is -1.50. The molecule has 0 saturated heterocycles. The fourth-order valence-corrected chi connectivity index (χ4v) is 1.58. The van der Waals surface area contributed by atoms with Gasteiger partial charge in [-0.3, -0.25) is 0 Å². The first-order valence-electron chi connectivity index (χ1n) is 5.55. The molecular formula is C14H13F2NO. The Bertz CT molecular complexity index is 543. The average molecular weight is 249 g/mol. The Balaban J connectivity index is 2.04. The Morgan fingerprint density at radius 1 is 0.944 bits per heavy atom. The average Bonchev–Trinajstić information content (AvgIpc) is 2.40. The summed E-state index contributed by atoms with van der Waals surface area (Å²) in [7, 11) is 0.